The molecule has 0 aliphatic heterocycles. The van der Waals surface area contributed by atoms with E-state index in [4.69, 9.17) is 9.57 Å². The van der Waals surface area contributed by atoms with Crippen LogP contribution in [-0.4, -0.2) is 30.0 Å². The molecule has 0 aliphatic rings. The number of imidazole rings is 1. The van der Waals surface area contributed by atoms with Crippen molar-refractivity contribution in [2.24, 2.45) is 0 Å². The standard InChI is InChI=1S/C12H14N2O2/c1-3-12-13-10-6-4-5-7-11(10)14(12)16-9-8-15-2/h3-7H,1,8-9H2,2H3. The van der Waals surface area contributed by atoms with E-state index in [2.05, 4.69) is 11.6 Å². The molecule has 0 amide bonds. The van der Waals surface area contributed by atoms with Gasteiger partial charge in [-0.15, -0.1) is 0 Å². The summed E-state index contributed by atoms with van der Waals surface area (Å²) < 4.78 is 6.62. The van der Waals surface area contributed by atoms with E-state index in [9.17, 15) is 0 Å². The summed E-state index contributed by atoms with van der Waals surface area (Å²) in [5, 5.41) is 0. The Morgan fingerprint density at radius 1 is 1.38 bits per heavy atom. The molecule has 0 N–H and O–H groups in total. The minimum Gasteiger partial charge on any atom is -0.409 e. The lowest BCUT2D eigenvalue weighted by Gasteiger charge is -2.08. The van der Waals surface area contributed by atoms with Crippen LogP contribution in [0.2, 0.25) is 0 Å². The molecule has 1 heterocycles. The van der Waals surface area contributed by atoms with Gasteiger partial charge in [0.05, 0.1) is 12.1 Å². The summed E-state index contributed by atoms with van der Waals surface area (Å²) in [6, 6.07) is 7.80. The summed E-state index contributed by atoms with van der Waals surface area (Å²) in [4.78, 5) is 9.97. The van der Waals surface area contributed by atoms with Crippen molar-refractivity contribution >= 4 is 17.1 Å². The molecule has 0 saturated carbocycles. The molecule has 84 valence electrons. The van der Waals surface area contributed by atoms with Crippen molar-refractivity contribution in [3.8, 4) is 0 Å². The first-order valence-corrected chi connectivity index (χ1v) is 5.09. The molecule has 0 saturated heterocycles. The molecular weight excluding hydrogens is 204 g/mol. The molecule has 2 aromatic rings. The highest BCUT2D eigenvalue weighted by Gasteiger charge is 2.07. The number of methoxy groups -OCH3 is 1. The van der Waals surface area contributed by atoms with Gasteiger partial charge in [-0.05, 0) is 18.2 Å². The van der Waals surface area contributed by atoms with E-state index < -0.39 is 0 Å². The van der Waals surface area contributed by atoms with Gasteiger partial charge in [0.1, 0.15) is 12.1 Å². The van der Waals surface area contributed by atoms with Crippen molar-refractivity contribution in [3.05, 3.63) is 36.7 Å². The van der Waals surface area contributed by atoms with E-state index >= 15 is 0 Å². The molecule has 4 heteroatoms. The number of aromatic nitrogens is 2. The Kier molecular flexibility index (Phi) is 3.22. The summed E-state index contributed by atoms with van der Waals surface area (Å²) >= 11 is 0. The van der Waals surface area contributed by atoms with Crippen LogP contribution < -0.4 is 4.84 Å². The van der Waals surface area contributed by atoms with Gasteiger partial charge in [0.2, 0.25) is 0 Å². The fourth-order valence-electron chi connectivity index (χ4n) is 1.50. The Labute approximate surface area is 94.1 Å². The molecule has 0 unspecified atom stereocenters. The molecule has 0 fully saturated rings. The van der Waals surface area contributed by atoms with Crippen LogP contribution >= 0.6 is 0 Å². The molecule has 16 heavy (non-hydrogen) atoms. The summed E-state index contributed by atoms with van der Waals surface area (Å²) in [5.41, 5.74) is 1.84. The zero-order valence-corrected chi connectivity index (χ0v) is 9.22. The van der Waals surface area contributed by atoms with E-state index in [1.54, 1.807) is 17.9 Å². The van der Waals surface area contributed by atoms with Gasteiger partial charge in [0, 0.05) is 7.11 Å². The second-order valence-corrected chi connectivity index (χ2v) is 3.28. The van der Waals surface area contributed by atoms with Crippen molar-refractivity contribution in [2.45, 2.75) is 0 Å². The maximum absolute atomic E-state index is 5.58. The van der Waals surface area contributed by atoms with Crippen molar-refractivity contribution in [1.29, 1.82) is 0 Å². The first-order chi connectivity index (χ1) is 7.86. The second kappa shape index (κ2) is 4.81. The lowest BCUT2D eigenvalue weighted by molar-refractivity contribution is 0.0622. The molecule has 4 nitrogen and oxygen atoms in total. The smallest absolute Gasteiger partial charge is 0.168 e. The third-order valence-corrected chi connectivity index (χ3v) is 2.23. The largest absolute Gasteiger partial charge is 0.409 e. The fourth-order valence-corrected chi connectivity index (χ4v) is 1.50. The van der Waals surface area contributed by atoms with Gasteiger partial charge < -0.3 is 9.57 Å². The van der Waals surface area contributed by atoms with Crippen LogP contribution in [0, 0.1) is 0 Å². The third-order valence-electron chi connectivity index (χ3n) is 2.23. The Morgan fingerprint density at radius 2 is 2.19 bits per heavy atom. The predicted molar refractivity (Wildman–Crippen MR) is 63.1 cm³/mol. The normalized spacial score (nSPS) is 10.6. The average Bonchev–Trinajstić information content (AvgIpc) is 2.68. The van der Waals surface area contributed by atoms with Gasteiger partial charge >= 0.3 is 0 Å². The van der Waals surface area contributed by atoms with Gasteiger partial charge in [0.25, 0.3) is 0 Å². The number of nitrogens with zero attached hydrogens (tertiary/aromatic N) is 2. The molecule has 0 spiro atoms. The average molecular weight is 218 g/mol. The maximum atomic E-state index is 5.58. The Morgan fingerprint density at radius 3 is 2.94 bits per heavy atom. The number of fused-ring (bicyclic) bond motifs is 1. The summed E-state index contributed by atoms with van der Waals surface area (Å²) in [5.74, 6) is 0.706. The van der Waals surface area contributed by atoms with E-state index in [1.165, 1.54) is 0 Å². The number of para-hydroxylation sites is 2. The molecule has 0 atom stereocenters. The Hall–Kier alpha value is -1.81. The molecular formula is C12H14N2O2. The molecule has 0 bridgehead atoms. The molecule has 1 aromatic carbocycles. The van der Waals surface area contributed by atoms with Crippen molar-refractivity contribution in [2.75, 3.05) is 20.3 Å². The Bertz CT molecular complexity index is 491. The molecule has 0 radical (unpaired) electrons. The van der Waals surface area contributed by atoms with Crippen LogP contribution in [0.25, 0.3) is 17.1 Å². The number of hydrogen-bond donors (Lipinski definition) is 0. The van der Waals surface area contributed by atoms with Crippen LogP contribution in [0.5, 0.6) is 0 Å². The van der Waals surface area contributed by atoms with Crippen LogP contribution in [0.15, 0.2) is 30.8 Å². The summed E-state index contributed by atoms with van der Waals surface area (Å²) in [6.45, 7) is 4.75. The van der Waals surface area contributed by atoms with E-state index in [0.29, 0.717) is 19.0 Å². The van der Waals surface area contributed by atoms with Gasteiger partial charge in [0.15, 0.2) is 5.82 Å². The molecule has 1 aromatic heterocycles. The van der Waals surface area contributed by atoms with Gasteiger partial charge in [-0.3, -0.25) is 0 Å². The van der Waals surface area contributed by atoms with Crippen LogP contribution in [0.4, 0.5) is 0 Å². The zero-order valence-electron chi connectivity index (χ0n) is 9.22. The topological polar surface area (TPSA) is 36.3 Å². The maximum Gasteiger partial charge on any atom is 0.168 e. The van der Waals surface area contributed by atoms with Crippen molar-refractivity contribution < 1.29 is 9.57 Å². The number of hydrogen-bond acceptors (Lipinski definition) is 3. The third kappa shape index (κ3) is 1.92. The SMILES string of the molecule is C=Cc1nc2ccccc2n1OCCOC. The number of benzene rings is 1. The zero-order chi connectivity index (χ0) is 11.4. The van der Waals surface area contributed by atoms with Crippen LogP contribution in [0.3, 0.4) is 0 Å². The first-order valence-electron chi connectivity index (χ1n) is 5.09. The quantitative estimate of drug-likeness (QED) is 0.717. The predicted octanol–water partition coefficient (Wildman–Crippen LogP) is 1.75. The van der Waals surface area contributed by atoms with E-state index in [0.717, 1.165) is 11.0 Å². The lowest BCUT2D eigenvalue weighted by atomic mass is 10.3. The molecule has 0 aliphatic carbocycles. The fraction of sp³-hybridized carbons (Fsp3) is 0.250. The minimum atomic E-state index is 0.484. The Balaban J connectivity index is 2.35. The first kappa shape index (κ1) is 10.7. The minimum absolute atomic E-state index is 0.484. The highest BCUT2D eigenvalue weighted by atomic mass is 16.7. The number of rotatable bonds is 5. The highest BCUT2D eigenvalue weighted by molar-refractivity contribution is 5.77. The van der Waals surface area contributed by atoms with E-state index in [1.807, 2.05) is 24.3 Å². The lowest BCUT2D eigenvalue weighted by Crippen LogP contribution is -2.17. The van der Waals surface area contributed by atoms with E-state index in [-0.39, 0.29) is 0 Å². The summed E-state index contributed by atoms with van der Waals surface area (Å²) in [7, 11) is 1.64. The second-order valence-electron chi connectivity index (χ2n) is 3.28. The van der Waals surface area contributed by atoms with Crippen LogP contribution in [-0.2, 0) is 4.74 Å². The van der Waals surface area contributed by atoms with Crippen molar-refractivity contribution in [3.63, 3.8) is 0 Å². The highest BCUT2D eigenvalue weighted by Crippen LogP contribution is 2.14. The van der Waals surface area contributed by atoms with Gasteiger partial charge in [-0.1, -0.05) is 18.7 Å². The number of ether oxygens (including phenoxy) is 1. The van der Waals surface area contributed by atoms with Gasteiger partial charge in [-0.2, -0.15) is 4.73 Å². The van der Waals surface area contributed by atoms with Gasteiger partial charge in [-0.25, -0.2) is 4.98 Å². The summed E-state index contributed by atoms with van der Waals surface area (Å²) in [6.07, 6.45) is 1.67. The van der Waals surface area contributed by atoms with Crippen molar-refractivity contribution in [1.82, 2.24) is 9.71 Å². The van der Waals surface area contributed by atoms with Crippen LogP contribution in [0.1, 0.15) is 5.82 Å². The molecule has 2 rings (SSSR count). The monoisotopic (exact) mass is 218 g/mol.